The number of nitrogens with one attached hydrogen (secondary N) is 1. The molecule has 0 aliphatic carbocycles. The van der Waals surface area contributed by atoms with Gasteiger partial charge in [0.25, 0.3) is 0 Å². The maximum Gasteiger partial charge on any atom is 0.225 e. The van der Waals surface area contributed by atoms with Crippen molar-refractivity contribution in [2.24, 2.45) is 0 Å². The van der Waals surface area contributed by atoms with Gasteiger partial charge in [0.2, 0.25) is 5.91 Å². The first-order valence-corrected chi connectivity index (χ1v) is 9.81. The molecule has 2 aromatic heterocycles. The normalized spacial score (nSPS) is 16.3. The van der Waals surface area contributed by atoms with E-state index in [9.17, 15) is 9.18 Å². The molecule has 27 heavy (non-hydrogen) atoms. The Balaban J connectivity index is 1.69. The molecule has 1 atom stereocenters. The van der Waals surface area contributed by atoms with Gasteiger partial charge in [0.1, 0.15) is 5.82 Å². The van der Waals surface area contributed by atoms with E-state index in [4.69, 9.17) is 0 Å². The molecule has 5 heteroatoms. The molecule has 0 saturated carbocycles. The Bertz CT molecular complexity index is 1150. The van der Waals surface area contributed by atoms with Gasteiger partial charge in [-0.25, -0.2) is 4.39 Å². The van der Waals surface area contributed by atoms with Crippen molar-refractivity contribution in [1.29, 1.82) is 0 Å². The summed E-state index contributed by atoms with van der Waals surface area (Å²) in [5.74, 6) is -0.169. The number of amides is 1. The first-order valence-electron chi connectivity index (χ1n) is 8.87. The summed E-state index contributed by atoms with van der Waals surface area (Å²) < 4.78 is 15.8. The van der Waals surface area contributed by atoms with Crippen LogP contribution in [0.2, 0.25) is 0 Å². The van der Waals surface area contributed by atoms with Crippen LogP contribution in [0, 0.1) is 5.82 Å². The van der Waals surface area contributed by atoms with E-state index in [-0.39, 0.29) is 17.6 Å². The largest absolute Gasteiger partial charge is 0.343 e. The van der Waals surface area contributed by atoms with E-state index in [1.807, 2.05) is 23.6 Å². The first kappa shape index (κ1) is 16.3. The third kappa shape index (κ3) is 2.84. The Hall–Kier alpha value is -2.92. The second-order valence-electron chi connectivity index (χ2n) is 6.90. The molecule has 134 valence electrons. The first-order chi connectivity index (χ1) is 13.2. The summed E-state index contributed by atoms with van der Waals surface area (Å²) in [4.78, 5) is 12.5. The summed E-state index contributed by atoms with van der Waals surface area (Å²) in [6, 6.07) is 14.8. The zero-order chi connectivity index (χ0) is 18.4. The number of nitrogens with zero attached hydrogens (tertiary/aromatic N) is 1. The number of carbonyl (C=O) groups excluding carboxylic acids is 1. The molecule has 0 radical (unpaired) electrons. The van der Waals surface area contributed by atoms with Crippen molar-refractivity contribution in [1.82, 2.24) is 4.57 Å². The quantitative estimate of drug-likeness (QED) is 0.513. The summed E-state index contributed by atoms with van der Waals surface area (Å²) in [5.41, 5.74) is 5.12. The summed E-state index contributed by atoms with van der Waals surface area (Å²) in [7, 11) is 0. The number of anilines is 1. The highest BCUT2D eigenvalue weighted by atomic mass is 32.1. The number of hydrogen-bond donors (Lipinski definition) is 1. The van der Waals surface area contributed by atoms with Crippen molar-refractivity contribution in [3.8, 4) is 0 Å². The van der Waals surface area contributed by atoms with Crippen molar-refractivity contribution in [3.63, 3.8) is 0 Å². The van der Waals surface area contributed by atoms with Gasteiger partial charge >= 0.3 is 0 Å². The molecule has 1 aliphatic heterocycles. The van der Waals surface area contributed by atoms with Crippen molar-refractivity contribution < 1.29 is 9.18 Å². The van der Waals surface area contributed by atoms with Gasteiger partial charge in [-0.2, -0.15) is 11.3 Å². The van der Waals surface area contributed by atoms with Gasteiger partial charge < -0.3 is 9.88 Å². The third-order valence-corrected chi connectivity index (χ3v) is 5.86. The highest BCUT2D eigenvalue weighted by molar-refractivity contribution is 7.08. The van der Waals surface area contributed by atoms with E-state index < -0.39 is 0 Å². The van der Waals surface area contributed by atoms with Crippen LogP contribution in [0.25, 0.3) is 10.9 Å². The fourth-order valence-corrected chi connectivity index (χ4v) is 4.70. The van der Waals surface area contributed by atoms with Crippen LogP contribution in [0.5, 0.6) is 0 Å². The average molecular weight is 376 g/mol. The molecule has 0 fully saturated rings. The lowest BCUT2D eigenvalue weighted by molar-refractivity contribution is -0.116. The summed E-state index contributed by atoms with van der Waals surface area (Å²) in [6.45, 7) is 0.585. The van der Waals surface area contributed by atoms with Crippen LogP contribution in [0.4, 0.5) is 10.1 Å². The van der Waals surface area contributed by atoms with E-state index >= 15 is 0 Å². The smallest absolute Gasteiger partial charge is 0.225 e. The zero-order valence-corrected chi connectivity index (χ0v) is 15.3. The maximum atomic E-state index is 13.6. The summed E-state index contributed by atoms with van der Waals surface area (Å²) in [5, 5.41) is 8.29. The minimum absolute atomic E-state index is 0.0242. The van der Waals surface area contributed by atoms with E-state index in [1.165, 1.54) is 6.07 Å². The summed E-state index contributed by atoms with van der Waals surface area (Å²) in [6.07, 6.45) is 2.55. The lowest BCUT2D eigenvalue weighted by Crippen LogP contribution is -2.13. The molecule has 1 aliphatic rings. The van der Waals surface area contributed by atoms with Crippen molar-refractivity contribution >= 4 is 33.8 Å². The number of halogens is 1. The Labute approximate surface area is 160 Å². The van der Waals surface area contributed by atoms with Crippen LogP contribution in [0.1, 0.15) is 29.0 Å². The minimum atomic E-state index is -0.227. The highest BCUT2D eigenvalue weighted by Gasteiger charge is 2.28. The Morgan fingerprint density at radius 2 is 2.07 bits per heavy atom. The Kier molecular flexibility index (Phi) is 3.83. The van der Waals surface area contributed by atoms with E-state index in [0.29, 0.717) is 13.0 Å². The molecule has 4 aromatic rings. The minimum Gasteiger partial charge on any atom is -0.343 e. The fraction of sp³-hybridized carbons (Fsp3) is 0.136. The Morgan fingerprint density at radius 3 is 2.89 bits per heavy atom. The van der Waals surface area contributed by atoms with Crippen LogP contribution >= 0.6 is 11.3 Å². The van der Waals surface area contributed by atoms with Gasteiger partial charge in [-0.05, 0) is 57.8 Å². The monoisotopic (exact) mass is 376 g/mol. The third-order valence-electron chi connectivity index (χ3n) is 5.16. The van der Waals surface area contributed by atoms with E-state index in [0.717, 1.165) is 33.3 Å². The van der Waals surface area contributed by atoms with Crippen molar-refractivity contribution in [3.05, 3.63) is 88.0 Å². The molecule has 0 spiro atoms. The maximum absolute atomic E-state index is 13.6. The molecule has 3 nitrogen and oxygen atoms in total. The molecule has 1 N–H and O–H groups in total. The van der Waals surface area contributed by atoms with E-state index in [2.05, 4.69) is 33.6 Å². The van der Waals surface area contributed by atoms with Crippen LogP contribution < -0.4 is 5.32 Å². The second kappa shape index (κ2) is 6.35. The second-order valence-corrected chi connectivity index (χ2v) is 7.68. The number of thiophene rings is 1. The SMILES string of the molecule is O=C1C[C@@H](c2ccsc2)c2cn(Cc3cccc(F)c3)c3cccc(c23)N1. The van der Waals surface area contributed by atoms with Gasteiger partial charge in [-0.3, -0.25) is 4.79 Å². The van der Waals surface area contributed by atoms with Gasteiger partial charge in [0.05, 0.1) is 11.2 Å². The van der Waals surface area contributed by atoms with Crippen LogP contribution in [0.15, 0.2) is 65.5 Å². The lowest BCUT2D eigenvalue weighted by Gasteiger charge is -2.12. The van der Waals surface area contributed by atoms with Crippen LogP contribution in [0.3, 0.4) is 0 Å². The number of rotatable bonds is 3. The van der Waals surface area contributed by atoms with Crippen molar-refractivity contribution in [2.75, 3.05) is 5.32 Å². The molecular formula is C22H17FN2OS. The molecule has 2 aromatic carbocycles. The predicted molar refractivity (Wildman–Crippen MR) is 107 cm³/mol. The van der Waals surface area contributed by atoms with Gasteiger partial charge in [0, 0.05) is 30.5 Å². The van der Waals surface area contributed by atoms with Gasteiger partial charge in [-0.1, -0.05) is 18.2 Å². The molecule has 1 amide bonds. The van der Waals surface area contributed by atoms with Crippen LogP contribution in [-0.4, -0.2) is 10.5 Å². The Morgan fingerprint density at radius 1 is 1.19 bits per heavy atom. The van der Waals surface area contributed by atoms with E-state index in [1.54, 1.807) is 23.5 Å². The number of carbonyl (C=O) groups is 1. The number of hydrogen-bond acceptors (Lipinski definition) is 2. The van der Waals surface area contributed by atoms with Crippen molar-refractivity contribution in [2.45, 2.75) is 18.9 Å². The topological polar surface area (TPSA) is 34.0 Å². The number of benzene rings is 2. The molecule has 3 heterocycles. The average Bonchev–Trinajstić information content (AvgIpc) is 3.26. The fourth-order valence-electron chi connectivity index (χ4n) is 3.98. The van der Waals surface area contributed by atoms with Gasteiger partial charge in [-0.15, -0.1) is 0 Å². The molecule has 5 rings (SSSR count). The molecule has 0 saturated heterocycles. The molecule has 0 bridgehead atoms. The molecule has 0 unspecified atom stereocenters. The highest BCUT2D eigenvalue weighted by Crippen LogP contribution is 2.41. The zero-order valence-electron chi connectivity index (χ0n) is 14.5. The molecular weight excluding hydrogens is 359 g/mol. The lowest BCUT2D eigenvalue weighted by atomic mass is 9.90. The predicted octanol–water partition coefficient (Wildman–Crippen LogP) is 5.36. The standard InChI is InChI=1S/C22H17FN2OS/c23-16-4-1-3-14(9-16)11-25-12-18-17(15-7-8-27-13-15)10-21(26)24-19-5-2-6-20(25)22(18)19/h1-9,12-13,17H,10-11H2,(H,24,26)/t17-/m0/s1. The summed E-state index contributed by atoms with van der Waals surface area (Å²) >= 11 is 1.64. The van der Waals surface area contributed by atoms with Crippen LogP contribution in [-0.2, 0) is 11.3 Å². The number of aromatic nitrogens is 1. The van der Waals surface area contributed by atoms with Gasteiger partial charge in [0.15, 0.2) is 0 Å².